The third-order valence-corrected chi connectivity index (χ3v) is 4.60. The average molecular weight is 521 g/mol. The Morgan fingerprint density at radius 1 is 1.07 bits per heavy atom. The lowest BCUT2D eigenvalue weighted by Gasteiger charge is -2.16. The molecule has 1 fully saturated rings. The molecule has 7 nitrogen and oxygen atoms in total. The second kappa shape index (κ2) is 14.5. The first-order chi connectivity index (χ1) is 13.7. The van der Waals surface area contributed by atoms with Gasteiger partial charge in [0.1, 0.15) is 17.2 Å². The van der Waals surface area contributed by atoms with Crippen LogP contribution < -0.4 is 24.8 Å². The normalized spacial score (nSPS) is 13.4. The number of methoxy groups -OCH3 is 3. The first-order valence-electron chi connectivity index (χ1n) is 10.1. The Kier molecular flexibility index (Phi) is 12.8. The van der Waals surface area contributed by atoms with Gasteiger partial charge >= 0.3 is 0 Å². The van der Waals surface area contributed by atoms with Crippen LogP contribution in [0.4, 0.5) is 0 Å². The van der Waals surface area contributed by atoms with Crippen LogP contribution in [-0.2, 0) is 11.2 Å². The highest BCUT2D eigenvalue weighted by Gasteiger charge is 2.20. The van der Waals surface area contributed by atoms with E-state index in [0.29, 0.717) is 12.3 Å². The van der Waals surface area contributed by atoms with E-state index in [1.807, 2.05) is 12.1 Å². The molecule has 0 aromatic heterocycles. The summed E-state index contributed by atoms with van der Waals surface area (Å²) in [4.78, 5) is 4.62. The van der Waals surface area contributed by atoms with Gasteiger partial charge in [-0.15, -0.1) is 24.0 Å². The maximum atomic E-state index is 5.66. The minimum absolute atomic E-state index is 0. The Balaban J connectivity index is 0.00000420. The number of hydrogen-bond donors (Lipinski definition) is 2. The van der Waals surface area contributed by atoms with Gasteiger partial charge in [0.2, 0.25) is 0 Å². The van der Waals surface area contributed by atoms with Crippen LogP contribution in [-0.4, -0.2) is 60.1 Å². The molecule has 0 amide bonds. The van der Waals surface area contributed by atoms with Gasteiger partial charge in [-0.2, -0.15) is 0 Å². The minimum Gasteiger partial charge on any atom is -0.496 e. The molecule has 8 heteroatoms. The molecule has 0 spiro atoms. The summed E-state index contributed by atoms with van der Waals surface area (Å²) in [5, 5.41) is 6.65. The van der Waals surface area contributed by atoms with Crippen molar-refractivity contribution in [2.45, 2.75) is 32.6 Å². The second-order valence-corrected chi connectivity index (χ2v) is 6.82. The predicted octanol–water partition coefficient (Wildman–Crippen LogP) is 3.24. The van der Waals surface area contributed by atoms with Crippen molar-refractivity contribution in [1.82, 2.24) is 10.6 Å². The van der Waals surface area contributed by atoms with E-state index in [9.17, 15) is 0 Å². The van der Waals surface area contributed by atoms with Crippen LogP contribution in [0.3, 0.4) is 0 Å². The molecule has 1 aromatic carbocycles. The van der Waals surface area contributed by atoms with Crippen LogP contribution >= 0.6 is 24.0 Å². The Labute approximate surface area is 191 Å². The van der Waals surface area contributed by atoms with Crippen LogP contribution in [0.15, 0.2) is 17.1 Å². The highest BCUT2D eigenvalue weighted by molar-refractivity contribution is 14.0. The maximum Gasteiger partial charge on any atom is 0.191 e. The molecule has 2 rings (SSSR count). The summed E-state index contributed by atoms with van der Waals surface area (Å²) in [6.07, 6.45) is 4.33. The van der Waals surface area contributed by atoms with Crippen molar-refractivity contribution >= 4 is 29.9 Å². The van der Waals surface area contributed by atoms with E-state index in [1.165, 1.54) is 12.8 Å². The quantitative estimate of drug-likeness (QED) is 0.180. The van der Waals surface area contributed by atoms with E-state index in [1.54, 1.807) is 21.3 Å². The van der Waals surface area contributed by atoms with Gasteiger partial charge in [0.25, 0.3) is 0 Å². The maximum absolute atomic E-state index is 5.66. The topological polar surface area (TPSA) is 73.3 Å². The van der Waals surface area contributed by atoms with E-state index in [-0.39, 0.29) is 24.0 Å². The molecule has 0 unspecified atom stereocenters. The summed E-state index contributed by atoms with van der Waals surface area (Å²) in [5.74, 6) is 3.86. The molecule has 1 aliphatic rings. The van der Waals surface area contributed by atoms with Crippen LogP contribution in [0, 0.1) is 5.92 Å². The van der Waals surface area contributed by atoms with Gasteiger partial charge < -0.3 is 29.6 Å². The molecule has 2 N–H and O–H groups in total. The number of nitrogens with one attached hydrogen (secondary N) is 2. The molecule has 1 aromatic rings. The van der Waals surface area contributed by atoms with Crippen LogP contribution in [0.25, 0.3) is 0 Å². The van der Waals surface area contributed by atoms with Gasteiger partial charge in [0.05, 0.1) is 21.3 Å². The molecule has 0 saturated heterocycles. The molecule has 1 aliphatic carbocycles. The largest absolute Gasteiger partial charge is 0.496 e. The first kappa shape index (κ1) is 25.6. The fraction of sp³-hybridized carbons (Fsp3) is 0.667. The minimum atomic E-state index is 0. The molecule has 166 valence electrons. The summed E-state index contributed by atoms with van der Waals surface area (Å²) < 4.78 is 22.0. The monoisotopic (exact) mass is 521 g/mol. The van der Waals surface area contributed by atoms with E-state index < -0.39 is 0 Å². The van der Waals surface area contributed by atoms with Crippen molar-refractivity contribution in [3.63, 3.8) is 0 Å². The summed E-state index contributed by atoms with van der Waals surface area (Å²) in [7, 11) is 4.94. The number of ether oxygens (including phenoxy) is 4. The molecule has 0 aliphatic heterocycles. The number of rotatable bonds is 13. The third kappa shape index (κ3) is 9.29. The molecular weight excluding hydrogens is 485 g/mol. The lowest BCUT2D eigenvalue weighted by atomic mass is 10.1. The van der Waals surface area contributed by atoms with Gasteiger partial charge in [0, 0.05) is 50.5 Å². The standard InChI is InChI=1S/C21H35N3O4.HI/c1-5-22-21(23-10-6-12-28-15-16-7-8-16)24-11-9-18-19(26-3)13-17(25-2)14-20(18)27-4;/h13-14,16H,5-12,15H2,1-4H3,(H2,22,23,24);1H. The van der Waals surface area contributed by atoms with E-state index in [4.69, 9.17) is 18.9 Å². The number of hydrogen-bond acceptors (Lipinski definition) is 5. The van der Waals surface area contributed by atoms with Crippen LogP contribution in [0.1, 0.15) is 31.7 Å². The molecule has 0 radical (unpaired) electrons. The zero-order chi connectivity index (χ0) is 20.2. The van der Waals surface area contributed by atoms with Crippen molar-refractivity contribution in [3.8, 4) is 17.2 Å². The Morgan fingerprint density at radius 2 is 1.76 bits per heavy atom. The highest BCUT2D eigenvalue weighted by Crippen LogP contribution is 2.34. The zero-order valence-electron chi connectivity index (χ0n) is 18.1. The number of benzene rings is 1. The molecule has 0 atom stereocenters. The Bertz CT molecular complexity index is 599. The molecule has 29 heavy (non-hydrogen) atoms. The lowest BCUT2D eigenvalue weighted by molar-refractivity contribution is 0.123. The van der Waals surface area contributed by atoms with Crippen molar-refractivity contribution in [3.05, 3.63) is 17.7 Å². The zero-order valence-corrected chi connectivity index (χ0v) is 20.4. The van der Waals surface area contributed by atoms with Crippen molar-refractivity contribution in [2.24, 2.45) is 10.9 Å². The lowest BCUT2D eigenvalue weighted by Crippen LogP contribution is -2.38. The van der Waals surface area contributed by atoms with Crippen LogP contribution in [0.2, 0.25) is 0 Å². The summed E-state index contributed by atoms with van der Waals surface area (Å²) in [6.45, 7) is 6.02. The van der Waals surface area contributed by atoms with E-state index >= 15 is 0 Å². The van der Waals surface area contributed by atoms with Gasteiger partial charge in [-0.25, -0.2) is 0 Å². The van der Waals surface area contributed by atoms with Crippen molar-refractivity contribution in [1.29, 1.82) is 0 Å². The molecule has 0 bridgehead atoms. The van der Waals surface area contributed by atoms with Crippen molar-refractivity contribution in [2.75, 3.05) is 54.2 Å². The van der Waals surface area contributed by atoms with Gasteiger partial charge in [-0.05, 0) is 38.5 Å². The molecule has 1 saturated carbocycles. The van der Waals surface area contributed by atoms with E-state index in [2.05, 4.69) is 22.5 Å². The first-order valence-corrected chi connectivity index (χ1v) is 10.1. The smallest absolute Gasteiger partial charge is 0.191 e. The second-order valence-electron chi connectivity index (χ2n) is 6.82. The fourth-order valence-electron chi connectivity index (χ4n) is 2.86. The highest BCUT2D eigenvalue weighted by atomic mass is 127. The molecular formula is C21H36IN3O4. The number of aliphatic imine (C=N–C) groups is 1. The molecule has 0 heterocycles. The van der Waals surface area contributed by atoms with Gasteiger partial charge in [0.15, 0.2) is 5.96 Å². The Hall–Kier alpha value is -1.42. The number of halogens is 1. The van der Waals surface area contributed by atoms with Gasteiger partial charge in [-0.1, -0.05) is 0 Å². The average Bonchev–Trinajstić information content (AvgIpc) is 3.54. The Morgan fingerprint density at radius 3 is 2.31 bits per heavy atom. The van der Waals surface area contributed by atoms with Gasteiger partial charge in [-0.3, -0.25) is 4.99 Å². The van der Waals surface area contributed by atoms with E-state index in [0.717, 1.165) is 68.1 Å². The number of nitrogens with zero attached hydrogens (tertiary/aromatic N) is 1. The predicted molar refractivity (Wildman–Crippen MR) is 127 cm³/mol. The SMILES string of the molecule is CCNC(=NCCCOCC1CC1)NCCc1c(OC)cc(OC)cc1OC.I. The summed E-state index contributed by atoms with van der Waals surface area (Å²) >= 11 is 0. The summed E-state index contributed by atoms with van der Waals surface area (Å²) in [6, 6.07) is 3.75. The third-order valence-electron chi connectivity index (χ3n) is 4.60. The summed E-state index contributed by atoms with van der Waals surface area (Å²) in [5.41, 5.74) is 1.00. The van der Waals surface area contributed by atoms with Crippen molar-refractivity contribution < 1.29 is 18.9 Å². The number of guanidine groups is 1. The fourth-order valence-corrected chi connectivity index (χ4v) is 2.86. The van der Waals surface area contributed by atoms with Crippen LogP contribution in [0.5, 0.6) is 17.2 Å².